The first-order valence-electron chi connectivity index (χ1n) is 6.52. The van der Waals surface area contributed by atoms with Crippen LogP contribution in [0.3, 0.4) is 0 Å². The topological polar surface area (TPSA) is 12.0 Å². The van der Waals surface area contributed by atoms with Crippen molar-refractivity contribution in [2.24, 2.45) is 0 Å². The number of hydrogen-bond acceptors (Lipinski definition) is 2. The molecule has 1 atom stereocenters. The Morgan fingerprint density at radius 1 is 1.30 bits per heavy atom. The normalized spacial score (nSPS) is 12.6. The lowest BCUT2D eigenvalue weighted by molar-refractivity contribution is 0.532. The average molecular weight is 393 g/mol. The van der Waals surface area contributed by atoms with Gasteiger partial charge in [-0.3, -0.25) is 0 Å². The average Bonchev–Trinajstić information content (AvgIpc) is 2.80. The van der Waals surface area contributed by atoms with E-state index in [1.165, 1.54) is 4.88 Å². The highest BCUT2D eigenvalue weighted by Crippen LogP contribution is 2.32. The third kappa shape index (κ3) is 4.22. The smallest absolute Gasteiger partial charge is 0.0468 e. The molecule has 1 aromatic carbocycles. The van der Waals surface area contributed by atoms with E-state index in [1.807, 2.05) is 18.2 Å². The minimum absolute atomic E-state index is 0.203. The molecular formula is C15H16BrCl2NS. The van der Waals surface area contributed by atoms with Gasteiger partial charge in [-0.15, -0.1) is 11.3 Å². The van der Waals surface area contributed by atoms with Gasteiger partial charge in [0.25, 0.3) is 0 Å². The fourth-order valence-corrected chi connectivity index (χ4v) is 4.15. The second-order valence-corrected chi connectivity index (χ2v) is 7.27. The van der Waals surface area contributed by atoms with E-state index >= 15 is 0 Å². The second kappa shape index (κ2) is 7.81. The number of benzene rings is 1. The molecule has 0 aliphatic carbocycles. The standard InChI is InChI=1S/C15H16BrCl2NS/c1-2-6-19-14(9-15-12(16)5-7-20-15)11-4-3-10(17)8-13(11)18/h3-5,7-8,14,19H,2,6,9H2,1H3. The van der Waals surface area contributed by atoms with Crippen LogP contribution < -0.4 is 5.32 Å². The first-order valence-corrected chi connectivity index (χ1v) is 8.95. The van der Waals surface area contributed by atoms with Gasteiger partial charge >= 0.3 is 0 Å². The van der Waals surface area contributed by atoms with Crippen molar-refractivity contribution < 1.29 is 0 Å². The summed E-state index contributed by atoms with van der Waals surface area (Å²) in [5, 5.41) is 7.06. The monoisotopic (exact) mass is 391 g/mol. The summed E-state index contributed by atoms with van der Waals surface area (Å²) >= 11 is 17.7. The summed E-state index contributed by atoms with van der Waals surface area (Å²) < 4.78 is 1.16. The van der Waals surface area contributed by atoms with E-state index in [0.717, 1.165) is 34.4 Å². The largest absolute Gasteiger partial charge is 0.310 e. The highest BCUT2D eigenvalue weighted by molar-refractivity contribution is 9.10. The molecule has 0 radical (unpaired) electrons. The van der Waals surface area contributed by atoms with Crippen molar-refractivity contribution in [2.45, 2.75) is 25.8 Å². The van der Waals surface area contributed by atoms with Crippen molar-refractivity contribution in [1.29, 1.82) is 0 Å². The molecule has 0 saturated carbocycles. The van der Waals surface area contributed by atoms with Crippen LogP contribution in [0.5, 0.6) is 0 Å². The third-order valence-electron chi connectivity index (χ3n) is 3.06. The molecule has 2 rings (SSSR count). The number of rotatable bonds is 6. The predicted octanol–water partition coefficient (Wildman–Crippen LogP) is 6.10. The first-order chi connectivity index (χ1) is 9.61. The van der Waals surface area contributed by atoms with Crippen molar-refractivity contribution >= 4 is 50.5 Å². The Bertz CT molecular complexity index is 571. The summed E-state index contributed by atoms with van der Waals surface area (Å²) in [6.45, 7) is 3.13. The summed E-state index contributed by atoms with van der Waals surface area (Å²) in [6.07, 6.45) is 2.01. The highest BCUT2D eigenvalue weighted by Gasteiger charge is 2.17. The minimum atomic E-state index is 0.203. The number of nitrogens with one attached hydrogen (secondary N) is 1. The van der Waals surface area contributed by atoms with E-state index < -0.39 is 0 Å². The summed E-state index contributed by atoms with van der Waals surface area (Å²) in [5.74, 6) is 0. The van der Waals surface area contributed by atoms with E-state index in [9.17, 15) is 0 Å². The molecule has 0 aliphatic rings. The Morgan fingerprint density at radius 2 is 2.10 bits per heavy atom. The van der Waals surface area contributed by atoms with Crippen LogP contribution in [0.15, 0.2) is 34.1 Å². The van der Waals surface area contributed by atoms with E-state index in [4.69, 9.17) is 23.2 Å². The van der Waals surface area contributed by atoms with Crippen molar-refractivity contribution in [3.8, 4) is 0 Å². The SMILES string of the molecule is CCCNC(Cc1sccc1Br)c1ccc(Cl)cc1Cl. The van der Waals surface area contributed by atoms with Crippen LogP contribution in [-0.2, 0) is 6.42 Å². The Morgan fingerprint density at radius 3 is 2.70 bits per heavy atom. The Kier molecular flexibility index (Phi) is 6.37. The maximum absolute atomic E-state index is 6.35. The maximum atomic E-state index is 6.35. The Balaban J connectivity index is 2.24. The molecular weight excluding hydrogens is 377 g/mol. The zero-order valence-electron chi connectivity index (χ0n) is 11.1. The van der Waals surface area contributed by atoms with Crippen molar-refractivity contribution in [2.75, 3.05) is 6.54 Å². The molecule has 2 aromatic rings. The summed E-state index contributed by atoms with van der Waals surface area (Å²) in [5.41, 5.74) is 1.10. The van der Waals surface area contributed by atoms with Gasteiger partial charge < -0.3 is 5.32 Å². The Hall–Kier alpha value is -0.0600. The highest BCUT2D eigenvalue weighted by atomic mass is 79.9. The number of thiophene rings is 1. The fraction of sp³-hybridized carbons (Fsp3) is 0.333. The van der Waals surface area contributed by atoms with Crippen molar-refractivity contribution in [1.82, 2.24) is 5.32 Å². The van der Waals surface area contributed by atoms with E-state index in [2.05, 4.69) is 39.6 Å². The molecule has 1 N–H and O–H groups in total. The molecule has 0 fully saturated rings. The molecule has 5 heteroatoms. The lowest BCUT2D eigenvalue weighted by Crippen LogP contribution is -2.24. The Labute approximate surface area is 142 Å². The van der Waals surface area contributed by atoms with Crippen LogP contribution in [0.4, 0.5) is 0 Å². The molecule has 1 heterocycles. The summed E-state index contributed by atoms with van der Waals surface area (Å²) in [6, 6.07) is 8.00. The molecule has 20 heavy (non-hydrogen) atoms. The van der Waals surface area contributed by atoms with Crippen molar-refractivity contribution in [3.05, 3.63) is 54.6 Å². The first kappa shape index (κ1) is 16.3. The van der Waals surface area contributed by atoms with Crippen LogP contribution in [-0.4, -0.2) is 6.54 Å². The van der Waals surface area contributed by atoms with Crippen LogP contribution in [0.25, 0.3) is 0 Å². The zero-order valence-corrected chi connectivity index (χ0v) is 15.0. The van der Waals surface area contributed by atoms with Gasteiger partial charge in [0.1, 0.15) is 0 Å². The quantitative estimate of drug-likeness (QED) is 0.625. The fourth-order valence-electron chi connectivity index (χ4n) is 2.05. The minimum Gasteiger partial charge on any atom is -0.310 e. The van der Waals surface area contributed by atoms with Crippen LogP contribution in [0.2, 0.25) is 10.0 Å². The molecule has 108 valence electrons. The summed E-state index contributed by atoms with van der Waals surface area (Å²) in [7, 11) is 0. The molecule has 1 nitrogen and oxygen atoms in total. The maximum Gasteiger partial charge on any atom is 0.0468 e. The van der Waals surface area contributed by atoms with Gasteiger partial charge in [-0.1, -0.05) is 36.2 Å². The third-order valence-corrected chi connectivity index (χ3v) is 5.57. The second-order valence-electron chi connectivity index (χ2n) is 4.57. The van der Waals surface area contributed by atoms with Gasteiger partial charge in [0.05, 0.1) is 0 Å². The molecule has 0 aliphatic heterocycles. The molecule has 1 aromatic heterocycles. The van der Waals surface area contributed by atoms with Gasteiger partial charge in [-0.25, -0.2) is 0 Å². The number of hydrogen-bond donors (Lipinski definition) is 1. The zero-order chi connectivity index (χ0) is 14.5. The lowest BCUT2D eigenvalue weighted by atomic mass is 10.0. The van der Waals surface area contributed by atoms with Crippen LogP contribution in [0, 0.1) is 0 Å². The van der Waals surface area contributed by atoms with Crippen molar-refractivity contribution in [3.63, 3.8) is 0 Å². The van der Waals surface area contributed by atoms with Crippen LogP contribution in [0.1, 0.15) is 29.8 Å². The lowest BCUT2D eigenvalue weighted by Gasteiger charge is -2.20. The van der Waals surface area contributed by atoms with Gasteiger partial charge in [0.2, 0.25) is 0 Å². The number of halogens is 3. The molecule has 0 amide bonds. The molecule has 0 spiro atoms. The van der Waals surface area contributed by atoms with Gasteiger partial charge in [-0.2, -0.15) is 0 Å². The molecule has 0 bridgehead atoms. The van der Waals surface area contributed by atoms with Gasteiger partial charge in [0.15, 0.2) is 0 Å². The molecule has 0 saturated heterocycles. The van der Waals surface area contributed by atoms with E-state index in [-0.39, 0.29) is 6.04 Å². The van der Waals surface area contributed by atoms with Gasteiger partial charge in [0, 0.05) is 31.9 Å². The van der Waals surface area contributed by atoms with E-state index in [1.54, 1.807) is 11.3 Å². The van der Waals surface area contributed by atoms with E-state index in [0.29, 0.717) is 5.02 Å². The predicted molar refractivity (Wildman–Crippen MR) is 93.2 cm³/mol. The van der Waals surface area contributed by atoms with Gasteiger partial charge in [-0.05, 0) is 58.0 Å². The summed E-state index contributed by atoms with van der Waals surface area (Å²) in [4.78, 5) is 1.32. The molecule has 1 unspecified atom stereocenters. The van der Waals surface area contributed by atoms with Crippen LogP contribution >= 0.6 is 50.5 Å².